The molecule has 0 saturated heterocycles. The lowest BCUT2D eigenvalue weighted by atomic mass is 10.1. The van der Waals surface area contributed by atoms with Gasteiger partial charge in [-0.3, -0.25) is 4.79 Å². The van der Waals surface area contributed by atoms with Crippen LogP contribution in [0.1, 0.15) is 22.8 Å². The fourth-order valence-corrected chi connectivity index (χ4v) is 3.27. The van der Waals surface area contributed by atoms with Gasteiger partial charge < -0.3 is 10.1 Å². The molecule has 0 fully saturated rings. The molecule has 0 aliphatic heterocycles. The van der Waals surface area contributed by atoms with E-state index >= 15 is 0 Å². The molecule has 0 aliphatic rings. The number of nitrogens with one attached hydrogen (secondary N) is 1. The van der Waals surface area contributed by atoms with Crippen molar-refractivity contribution < 1.29 is 18.7 Å². The van der Waals surface area contributed by atoms with Gasteiger partial charge in [0.15, 0.2) is 12.3 Å². The summed E-state index contributed by atoms with van der Waals surface area (Å²) in [4.78, 5) is 29.6. The first kappa shape index (κ1) is 21.2. The van der Waals surface area contributed by atoms with E-state index < -0.39 is 18.5 Å². The molecule has 162 valence electrons. The van der Waals surface area contributed by atoms with Crippen LogP contribution in [0.25, 0.3) is 22.3 Å². The van der Waals surface area contributed by atoms with Crippen molar-refractivity contribution >= 4 is 22.9 Å². The highest BCUT2D eigenvalue weighted by molar-refractivity contribution is 6.04. The molecular formula is C24H21FN4O3. The maximum absolute atomic E-state index is 13.0. The van der Waals surface area contributed by atoms with E-state index in [9.17, 15) is 14.0 Å². The van der Waals surface area contributed by atoms with E-state index in [0.717, 1.165) is 11.1 Å². The molecule has 4 aromatic rings. The van der Waals surface area contributed by atoms with Crippen LogP contribution in [0.2, 0.25) is 0 Å². The Balaban J connectivity index is 1.50. The number of nitrogens with zero attached hydrogens (tertiary/aromatic N) is 3. The van der Waals surface area contributed by atoms with Gasteiger partial charge >= 0.3 is 5.97 Å². The zero-order chi connectivity index (χ0) is 22.5. The summed E-state index contributed by atoms with van der Waals surface area (Å²) >= 11 is 0. The molecule has 0 saturated carbocycles. The summed E-state index contributed by atoms with van der Waals surface area (Å²) in [5.74, 6) is -1.44. The summed E-state index contributed by atoms with van der Waals surface area (Å²) in [6, 6.07) is 16.9. The number of fused-ring (bicyclic) bond motifs is 1. The van der Waals surface area contributed by atoms with E-state index in [1.807, 2.05) is 37.3 Å². The van der Waals surface area contributed by atoms with E-state index in [2.05, 4.69) is 15.4 Å². The number of halogens is 1. The highest BCUT2D eigenvalue weighted by Gasteiger charge is 2.19. The molecule has 32 heavy (non-hydrogen) atoms. The topological polar surface area (TPSA) is 86.1 Å². The molecule has 7 nitrogen and oxygen atoms in total. The molecule has 1 amide bonds. The third-order valence-electron chi connectivity index (χ3n) is 4.94. The average Bonchev–Trinajstić information content (AvgIpc) is 3.25. The first-order valence-electron chi connectivity index (χ1n) is 10.2. The first-order chi connectivity index (χ1) is 15.5. The van der Waals surface area contributed by atoms with E-state index in [1.165, 1.54) is 12.1 Å². The fraction of sp³-hybridized carbons (Fsp3) is 0.167. The third-order valence-corrected chi connectivity index (χ3v) is 4.94. The van der Waals surface area contributed by atoms with Gasteiger partial charge in [0.05, 0.1) is 22.8 Å². The SMILES string of the molecule is CCn1ncc2c(C(=O)OCC(=O)NCc3ccc(F)cc3)cc(-c3ccccc3)nc21. The minimum atomic E-state index is -0.637. The highest BCUT2D eigenvalue weighted by Crippen LogP contribution is 2.25. The van der Waals surface area contributed by atoms with Crippen molar-refractivity contribution in [2.24, 2.45) is 0 Å². The number of carbonyl (C=O) groups is 2. The highest BCUT2D eigenvalue weighted by atomic mass is 19.1. The average molecular weight is 432 g/mol. The predicted molar refractivity (Wildman–Crippen MR) is 117 cm³/mol. The van der Waals surface area contributed by atoms with Crippen LogP contribution in [-0.4, -0.2) is 33.2 Å². The van der Waals surface area contributed by atoms with E-state index in [1.54, 1.807) is 29.1 Å². The number of amides is 1. The Kier molecular flexibility index (Phi) is 6.21. The number of rotatable bonds is 7. The van der Waals surface area contributed by atoms with Crippen LogP contribution in [0, 0.1) is 5.82 Å². The molecule has 2 aromatic heterocycles. The Hall–Kier alpha value is -4.07. The number of aromatic nitrogens is 3. The summed E-state index contributed by atoms with van der Waals surface area (Å²) in [5.41, 5.74) is 3.06. The van der Waals surface area contributed by atoms with Crippen molar-refractivity contribution in [3.05, 3.63) is 83.8 Å². The molecule has 2 aromatic carbocycles. The fourth-order valence-electron chi connectivity index (χ4n) is 3.27. The quantitative estimate of drug-likeness (QED) is 0.450. The number of esters is 1. The maximum atomic E-state index is 13.0. The molecular weight excluding hydrogens is 411 g/mol. The first-order valence-corrected chi connectivity index (χ1v) is 10.2. The summed E-state index contributed by atoms with van der Waals surface area (Å²) in [7, 11) is 0. The molecule has 0 aliphatic carbocycles. The van der Waals surface area contributed by atoms with Crippen molar-refractivity contribution in [2.75, 3.05) is 6.61 Å². The van der Waals surface area contributed by atoms with Crippen LogP contribution in [0.15, 0.2) is 66.9 Å². The van der Waals surface area contributed by atoms with Gasteiger partial charge in [-0.15, -0.1) is 0 Å². The molecule has 0 spiro atoms. The summed E-state index contributed by atoms with van der Waals surface area (Å²) in [6.45, 7) is 2.30. The van der Waals surface area contributed by atoms with Crippen molar-refractivity contribution in [1.29, 1.82) is 0 Å². The van der Waals surface area contributed by atoms with Gasteiger partial charge in [-0.25, -0.2) is 18.9 Å². The Labute approximate surface area is 183 Å². The second kappa shape index (κ2) is 9.38. The molecule has 0 radical (unpaired) electrons. The number of carbonyl (C=O) groups excluding carboxylic acids is 2. The van der Waals surface area contributed by atoms with Crippen molar-refractivity contribution in [3.8, 4) is 11.3 Å². The van der Waals surface area contributed by atoms with Crippen LogP contribution in [0.4, 0.5) is 4.39 Å². The third kappa shape index (κ3) is 4.64. The van der Waals surface area contributed by atoms with Gasteiger partial charge in [0.2, 0.25) is 0 Å². The molecule has 0 unspecified atom stereocenters. The van der Waals surface area contributed by atoms with Crippen LogP contribution >= 0.6 is 0 Å². The van der Waals surface area contributed by atoms with Gasteiger partial charge in [0.1, 0.15) is 5.82 Å². The maximum Gasteiger partial charge on any atom is 0.339 e. The van der Waals surface area contributed by atoms with Crippen molar-refractivity contribution in [3.63, 3.8) is 0 Å². The lowest BCUT2D eigenvalue weighted by molar-refractivity contribution is -0.124. The molecule has 4 rings (SSSR count). The van der Waals surface area contributed by atoms with Crippen LogP contribution in [0.5, 0.6) is 0 Å². The summed E-state index contributed by atoms with van der Waals surface area (Å²) in [5, 5.41) is 7.50. The van der Waals surface area contributed by atoms with Gasteiger partial charge in [-0.1, -0.05) is 42.5 Å². The Bertz CT molecular complexity index is 1250. The summed E-state index contributed by atoms with van der Waals surface area (Å²) < 4.78 is 19.9. The van der Waals surface area contributed by atoms with Crippen LogP contribution < -0.4 is 5.32 Å². The Morgan fingerprint density at radius 1 is 1.09 bits per heavy atom. The summed E-state index contributed by atoms with van der Waals surface area (Å²) in [6.07, 6.45) is 1.58. The largest absolute Gasteiger partial charge is 0.452 e. The zero-order valence-corrected chi connectivity index (χ0v) is 17.4. The number of ether oxygens (including phenoxy) is 1. The van der Waals surface area contributed by atoms with Crippen molar-refractivity contribution in [1.82, 2.24) is 20.1 Å². The van der Waals surface area contributed by atoms with E-state index in [-0.39, 0.29) is 12.4 Å². The monoisotopic (exact) mass is 432 g/mol. The molecule has 0 atom stereocenters. The lowest BCUT2D eigenvalue weighted by Gasteiger charge is -2.09. The zero-order valence-electron chi connectivity index (χ0n) is 17.4. The van der Waals surface area contributed by atoms with Gasteiger partial charge in [0.25, 0.3) is 5.91 Å². The minimum absolute atomic E-state index is 0.206. The van der Waals surface area contributed by atoms with E-state index in [0.29, 0.717) is 28.8 Å². The number of aryl methyl sites for hydroxylation is 1. The van der Waals surface area contributed by atoms with Gasteiger partial charge in [0, 0.05) is 18.7 Å². The standard InChI is InChI=1S/C24H21FN4O3/c1-2-29-23-20(14-27-29)19(12-21(28-23)17-6-4-3-5-7-17)24(31)32-15-22(30)26-13-16-8-10-18(25)11-9-16/h3-12,14H,2,13,15H2,1H3,(H,26,30). The van der Waals surface area contributed by atoms with Crippen molar-refractivity contribution in [2.45, 2.75) is 20.0 Å². The van der Waals surface area contributed by atoms with Gasteiger partial charge in [-0.05, 0) is 30.7 Å². The smallest absolute Gasteiger partial charge is 0.339 e. The second-order valence-corrected chi connectivity index (χ2v) is 7.10. The Morgan fingerprint density at radius 3 is 2.56 bits per heavy atom. The van der Waals surface area contributed by atoms with Gasteiger partial charge in [-0.2, -0.15) is 5.10 Å². The molecule has 0 bridgehead atoms. The van der Waals surface area contributed by atoms with Crippen LogP contribution in [0.3, 0.4) is 0 Å². The number of hydrogen-bond donors (Lipinski definition) is 1. The lowest BCUT2D eigenvalue weighted by Crippen LogP contribution is -2.28. The number of pyridine rings is 1. The van der Waals surface area contributed by atoms with E-state index in [4.69, 9.17) is 4.74 Å². The normalized spacial score (nSPS) is 10.8. The molecule has 8 heteroatoms. The molecule has 1 N–H and O–H groups in total. The Morgan fingerprint density at radius 2 is 1.84 bits per heavy atom. The molecule has 2 heterocycles. The number of hydrogen-bond acceptors (Lipinski definition) is 5. The second-order valence-electron chi connectivity index (χ2n) is 7.10. The predicted octanol–water partition coefficient (Wildman–Crippen LogP) is 3.73. The number of benzene rings is 2. The van der Waals surface area contributed by atoms with Crippen LogP contribution in [-0.2, 0) is 22.6 Å². The minimum Gasteiger partial charge on any atom is -0.452 e.